The van der Waals surface area contributed by atoms with Crippen molar-refractivity contribution in [3.05, 3.63) is 84.3 Å². The molecule has 0 unspecified atom stereocenters. The van der Waals surface area contributed by atoms with Crippen LogP contribution in [-0.4, -0.2) is 22.5 Å². The predicted octanol–water partition coefficient (Wildman–Crippen LogP) is 6.14. The number of amides is 2. The fourth-order valence-electron chi connectivity index (χ4n) is 3.97. The van der Waals surface area contributed by atoms with Crippen molar-refractivity contribution in [2.24, 2.45) is 0 Å². The summed E-state index contributed by atoms with van der Waals surface area (Å²) in [6, 6.07) is 17.2. The van der Waals surface area contributed by atoms with Gasteiger partial charge >= 0.3 is 6.03 Å². The molecule has 1 aliphatic heterocycles. The molecule has 5 nitrogen and oxygen atoms in total. The summed E-state index contributed by atoms with van der Waals surface area (Å²) in [6.45, 7) is 0.518. The van der Waals surface area contributed by atoms with Crippen LogP contribution in [0.2, 0.25) is 0 Å². The number of nitrogens with zero attached hydrogens (tertiary/aromatic N) is 2. The zero-order valence-electron chi connectivity index (χ0n) is 16.5. The number of nitrogens with one attached hydrogen (secondary N) is 1. The van der Waals surface area contributed by atoms with Crippen LogP contribution >= 0.6 is 0 Å². The quantitative estimate of drug-likeness (QED) is 0.434. The summed E-state index contributed by atoms with van der Waals surface area (Å²) in [5.74, 6) is -0.381. The molecule has 3 aromatic carbocycles. The maximum Gasteiger partial charge on any atom is 0.322 e. The molecule has 4 aromatic rings. The first kappa shape index (κ1) is 19.2. The number of rotatable bonds is 3. The van der Waals surface area contributed by atoms with E-state index in [0.29, 0.717) is 41.1 Å². The number of hydrogen-bond donors (Lipinski definition) is 1. The highest BCUT2D eigenvalue weighted by Gasteiger charge is 2.34. The highest BCUT2D eigenvalue weighted by Crippen LogP contribution is 2.35. The van der Waals surface area contributed by atoms with Crippen LogP contribution in [-0.2, 0) is 0 Å². The average Bonchev–Trinajstić information content (AvgIpc) is 3.42. The van der Waals surface area contributed by atoms with Gasteiger partial charge in [-0.1, -0.05) is 36.4 Å². The second-order valence-corrected chi connectivity index (χ2v) is 7.48. The van der Waals surface area contributed by atoms with E-state index in [9.17, 15) is 13.6 Å². The van der Waals surface area contributed by atoms with E-state index in [1.54, 1.807) is 53.4 Å². The van der Waals surface area contributed by atoms with Crippen molar-refractivity contribution < 1.29 is 18.0 Å². The predicted molar refractivity (Wildman–Crippen MR) is 114 cm³/mol. The lowest BCUT2D eigenvalue weighted by molar-refractivity contribution is 0.198. The normalized spacial score (nSPS) is 16.1. The Bertz CT molecular complexity index is 1270. The van der Waals surface area contributed by atoms with Crippen LogP contribution < -0.4 is 5.32 Å². The van der Waals surface area contributed by atoms with Crippen molar-refractivity contribution in [1.29, 1.82) is 0 Å². The number of aromatic nitrogens is 1. The fourth-order valence-corrected chi connectivity index (χ4v) is 3.97. The standard InChI is InChI=1S/C24H19F2N3O2/c25-17-7-2-1-6-16(17)15-11-12-22-20(14-15)27-23(31-22)21-10-5-13-29(21)24(30)28-19-9-4-3-8-18(19)26/h1-4,6-9,11-12,14,21H,5,10,13H2,(H,28,30)/t21-/m1/s1. The Balaban J connectivity index is 1.42. The molecule has 0 bridgehead atoms. The molecule has 7 heteroatoms. The molecule has 1 atom stereocenters. The SMILES string of the molecule is O=C(Nc1ccccc1F)N1CCC[C@@H]1c1nc2cc(-c3ccccc3F)ccc2o1. The minimum atomic E-state index is -0.492. The maximum absolute atomic E-state index is 14.2. The van der Waals surface area contributed by atoms with Crippen molar-refractivity contribution in [1.82, 2.24) is 9.88 Å². The summed E-state index contributed by atoms with van der Waals surface area (Å²) >= 11 is 0. The van der Waals surface area contributed by atoms with E-state index in [1.807, 2.05) is 0 Å². The third-order valence-electron chi connectivity index (χ3n) is 5.50. The Morgan fingerprint density at radius 1 is 1.03 bits per heavy atom. The summed E-state index contributed by atoms with van der Waals surface area (Å²) in [5.41, 5.74) is 2.48. The van der Waals surface area contributed by atoms with E-state index in [0.717, 1.165) is 6.42 Å². The number of fused-ring (bicyclic) bond motifs is 1. The molecule has 1 N–H and O–H groups in total. The van der Waals surface area contributed by atoms with E-state index in [2.05, 4.69) is 10.3 Å². The molecule has 0 spiro atoms. The Kier molecular flexibility index (Phi) is 4.86. The van der Waals surface area contributed by atoms with Crippen LogP contribution in [0.4, 0.5) is 19.3 Å². The molecule has 0 aliphatic carbocycles. The number of carbonyl (C=O) groups excluding carboxylic acids is 1. The smallest absolute Gasteiger partial charge is 0.322 e. The Morgan fingerprint density at radius 2 is 1.81 bits per heavy atom. The molecule has 0 radical (unpaired) electrons. The summed E-state index contributed by atoms with van der Waals surface area (Å²) in [6.07, 6.45) is 1.48. The molecule has 2 amide bonds. The highest BCUT2D eigenvalue weighted by atomic mass is 19.1. The summed E-state index contributed by atoms with van der Waals surface area (Å²) < 4.78 is 34.0. The van der Waals surface area contributed by atoms with Gasteiger partial charge in [0.25, 0.3) is 0 Å². The van der Waals surface area contributed by atoms with Crippen LogP contribution in [0.3, 0.4) is 0 Å². The van der Waals surface area contributed by atoms with E-state index >= 15 is 0 Å². The fraction of sp³-hybridized carbons (Fsp3) is 0.167. The van der Waals surface area contributed by atoms with Crippen molar-refractivity contribution in [3.8, 4) is 11.1 Å². The van der Waals surface area contributed by atoms with Crippen LogP contribution in [0.1, 0.15) is 24.8 Å². The summed E-state index contributed by atoms with van der Waals surface area (Å²) in [5, 5.41) is 2.62. The number of urea groups is 1. The third-order valence-corrected chi connectivity index (χ3v) is 5.50. The Labute approximate surface area is 177 Å². The summed E-state index contributed by atoms with van der Waals surface area (Å²) in [4.78, 5) is 19.0. The van der Waals surface area contributed by atoms with Crippen LogP contribution in [0.25, 0.3) is 22.2 Å². The largest absolute Gasteiger partial charge is 0.438 e. The number of benzene rings is 3. The van der Waals surface area contributed by atoms with Crippen molar-refractivity contribution in [2.45, 2.75) is 18.9 Å². The van der Waals surface area contributed by atoms with E-state index in [1.165, 1.54) is 18.2 Å². The van der Waals surface area contributed by atoms with Gasteiger partial charge in [0.05, 0.1) is 5.69 Å². The van der Waals surface area contributed by atoms with E-state index in [4.69, 9.17) is 4.42 Å². The molecule has 1 aliphatic rings. The lowest BCUT2D eigenvalue weighted by Crippen LogP contribution is -2.34. The second-order valence-electron chi connectivity index (χ2n) is 7.48. The van der Waals surface area contributed by atoms with E-state index in [-0.39, 0.29) is 17.5 Å². The third kappa shape index (κ3) is 3.63. The first-order valence-electron chi connectivity index (χ1n) is 10.1. The molecular formula is C24H19F2N3O2. The Hall–Kier alpha value is -3.74. The highest BCUT2D eigenvalue weighted by molar-refractivity contribution is 5.90. The Morgan fingerprint density at radius 3 is 2.61 bits per heavy atom. The number of halogens is 2. The number of hydrogen-bond acceptors (Lipinski definition) is 3. The van der Waals surface area contributed by atoms with Gasteiger partial charge < -0.3 is 14.6 Å². The molecule has 5 rings (SSSR count). The minimum Gasteiger partial charge on any atom is -0.438 e. The lowest BCUT2D eigenvalue weighted by Gasteiger charge is -2.22. The van der Waals surface area contributed by atoms with Crippen LogP contribution in [0.15, 0.2) is 71.1 Å². The van der Waals surface area contributed by atoms with Crippen molar-refractivity contribution in [2.75, 3.05) is 11.9 Å². The molecule has 1 aromatic heterocycles. The van der Waals surface area contributed by atoms with Gasteiger partial charge in [0.15, 0.2) is 5.58 Å². The number of carbonyl (C=O) groups is 1. The zero-order valence-corrected chi connectivity index (χ0v) is 16.5. The number of oxazole rings is 1. The first-order chi connectivity index (χ1) is 15.1. The maximum atomic E-state index is 14.2. The molecular weight excluding hydrogens is 400 g/mol. The molecule has 156 valence electrons. The van der Waals surface area contributed by atoms with Crippen molar-refractivity contribution >= 4 is 22.8 Å². The van der Waals surface area contributed by atoms with E-state index < -0.39 is 11.8 Å². The molecule has 1 fully saturated rings. The average molecular weight is 419 g/mol. The minimum absolute atomic E-state index is 0.130. The number of likely N-dealkylation sites (tertiary alicyclic amines) is 1. The second kappa shape index (κ2) is 7.83. The first-order valence-corrected chi connectivity index (χ1v) is 10.1. The topological polar surface area (TPSA) is 58.4 Å². The summed E-state index contributed by atoms with van der Waals surface area (Å²) in [7, 11) is 0. The van der Waals surface area contributed by atoms with Gasteiger partial charge in [-0.05, 0) is 48.7 Å². The lowest BCUT2D eigenvalue weighted by atomic mass is 10.0. The monoisotopic (exact) mass is 419 g/mol. The van der Waals surface area contributed by atoms with Gasteiger partial charge in [-0.3, -0.25) is 0 Å². The molecule has 31 heavy (non-hydrogen) atoms. The number of anilines is 1. The molecule has 1 saturated heterocycles. The molecule has 0 saturated carbocycles. The van der Waals surface area contributed by atoms with Crippen molar-refractivity contribution in [3.63, 3.8) is 0 Å². The van der Waals surface area contributed by atoms with Crippen LogP contribution in [0.5, 0.6) is 0 Å². The van der Waals surface area contributed by atoms with Crippen LogP contribution in [0, 0.1) is 11.6 Å². The van der Waals surface area contributed by atoms with Gasteiger partial charge in [0, 0.05) is 12.1 Å². The van der Waals surface area contributed by atoms with Gasteiger partial charge in [-0.15, -0.1) is 0 Å². The van der Waals surface area contributed by atoms with Gasteiger partial charge in [0.2, 0.25) is 5.89 Å². The number of para-hydroxylation sites is 1. The van der Waals surface area contributed by atoms with Gasteiger partial charge in [-0.2, -0.15) is 0 Å². The zero-order chi connectivity index (χ0) is 21.4. The van der Waals surface area contributed by atoms with Gasteiger partial charge in [-0.25, -0.2) is 18.6 Å². The van der Waals surface area contributed by atoms with Gasteiger partial charge in [0.1, 0.15) is 23.2 Å². The molecule has 2 heterocycles.